The van der Waals surface area contributed by atoms with E-state index in [9.17, 15) is 14.7 Å². The molecule has 0 radical (unpaired) electrons. The zero-order valence-electron chi connectivity index (χ0n) is 19.2. The van der Waals surface area contributed by atoms with E-state index in [1.54, 1.807) is 12.1 Å². The van der Waals surface area contributed by atoms with Crippen molar-refractivity contribution in [3.05, 3.63) is 76.4 Å². The van der Waals surface area contributed by atoms with Crippen LogP contribution in [0.2, 0.25) is 0 Å². The topological polar surface area (TPSA) is 89.9 Å². The lowest BCUT2D eigenvalue weighted by Crippen LogP contribution is -2.36. The summed E-state index contributed by atoms with van der Waals surface area (Å²) < 4.78 is 0. The number of aliphatic hydroxyl groups excluding tert-OH is 2. The molecule has 0 saturated carbocycles. The first-order chi connectivity index (χ1) is 15.1. The molecule has 6 heteroatoms. The van der Waals surface area contributed by atoms with Crippen molar-refractivity contribution >= 4 is 17.4 Å². The Hall–Kier alpha value is -2.96. The number of ketones is 1. The number of aliphatic hydroxyl groups is 2. The second-order valence-corrected chi connectivity index (χ2v) is 9.20. The highest BCUT2D eigenvalue weighted by Crippen LogP contribution is 2.39. The lowest BCUT2D eigenvalue weighted by molar-refractivity contribution is -0.139. The van der Waals surface area contributed by atoms with Crippen molar-refractivity contribution in [3.63, 3.8) is 0 Å². The summed E-state index contributed by atoms with van der Waals surface area (Å²) in [6.45, 7) is 9.41. The summed E-state index contributed by atoms with van der Waals surface area (Å²) in [5.74, 6) is -1.48. The number of amides is 1. The number of likely N-dealkylation sites (tertiary alicyclic amines) is 1. The van der Waals surface area contributed by atoms with E-state index in [0.29, 0.717) is 18.7 Å². The van der Waals surface area contributed by atoms with Crippen LogP contribution >= 0.6 is 0 Å². The Balaban J connectivity index is 2.07. The summed E-state index contributed by atoms with van der Waals surface area (Å²) in [5, 5.41) is 23.1. The van der Waals surface area contributed by atoms with Crippen LogP contribution in [-0.2, 0) is 15.0 Å². The first-order valence-electron chi connectivity index (χ1n) is 10.9. The molecule has 170 valence electrons. The van der Waals surface area contributed by atoms with Crippen molar-refractivity contribution in [2.24, 2.45) is 0 Å². The highest BCUT2D eigenvalue weighted by atomic mass is 16.3. The maximum atomic E-state index is 13.0. The Morgan fingerprint density at radius 1 is 1.00 bits per heavy atom. The van der Waals surface area contributed by atoms with Gasteiger partial charge in [-0.1, -0.05) is 74.9 Å². The van der Waals surface area contributed by atoms with E-state index in [1.807, 2.05) is 43.3 Å². The predicted molar refractivity (Wildman–Crippen MR) is 125 cm³/mol. The van der Waals surface area contributed by atoms with Crippen LogP contribution in [0.15, 0.2) is 54.1 Å². The zero-order valence-corrected chi connectivity index (χ0v) is 19.2. The summed E-state index contributed by atoms with van der Waals surface area (Å²) in [7, 11) is 0. The maximum absolute atomic E-state index is 13.0. The number of nitrogens with one attached hydrogen (secondary N) is 1. The second-order valence-electron chi connectivity index (χ2n) is 9.20. The number of Topliss-reactive ketones (excluding diaryl/α,β-unsaturated/α-hetero) is 1. The number of hydrogen-bond donors (Lipinski definition) is 3. The van der Waals surface area contributed by atoms with E-state index >= 15 is 0 Å². The molecule has 1 aliphatic heterocycles. The van der Waals surface area contributed by atoms with Crippen molar-refractivity contribution in [2.45, 2.75) is 39.2 Å². The van der Waals surface area contributed by atoms with Gasteiger partial charge in [0.25, 0.3) is 11.7 Å². The van der Waals surface area contributed by atoms with Gasteiger partial charge in [0.1, 0.15) is 5.76 Å². The van der Waals surface area contributed by atoms with E-state index < -0.39 is 17.7 Å². The predicted octanol–water partition coefficient (Wildman–Crippen LogP) is 3.30. The molecule has 0 aromatic heterocycles. The third kappa shape index (κ3) is 4.92. The fourth-order valence-corrected chi connectivity index (χ4v) is 3.89. The summed E-state index contributed by atoms with van der Waals surface area (Å²) in [6, 6.07) is 14.4. The fourth-order valence-electron chi connectivity index (χ4n) is 3.89. The van der Waals surface area contributed by atoms with Gasteiger partial charge in [-0.25, -0.2) is 0 Å². The average molecular weight is 437 g/mol. The number of aryl methyl sites for hydroxylation is 1. The largest absolute Gasteiger partial charge is 0.507 e. The summed E-state index contributed by atoms with van der Waals surface area (Å²) in [6.07, 6.45) is 0. The number of carbonyl (C=O) groups is 2. The minimum Gasteiger partial charge on any atom is -0.507 e. The minimum atomic E-state index is -0.685. The number of rotatable bonds is 7. The van der Waals surface area contributed by atoms with Gasteiger partial charge < -0.3 is 20.4 Å². The van der Waals surface area contributed by atoms with Crippen LogP contribution in [0.25, 0.3) is 5.76 Å². The lowest BCUT2D eigenvalue weighted by atomic mass is 9.85. The summed E-state index contributed by atoms with van der Waals surface area (Å²) in [4.78, 5) is 27.5. The molecular formula is C26H32N2O4. The molecule has 6 nitrogen and oxygen atoms in total. The molecule has 3 rings (SSSR count). The van der Waals surface area contributed by atoms with Crippen LogP contribution < -0.4 is 5.32 Å². The molecule has 1 fully saturated rings. The van der Waals surface area contributed by atoms with Gasteiger partial charge in [-0.2, -0.15) is 0 Å². The number of carbonyl (C=O) groups excluding carboxylic acids is 2. The molecule has 3 N–H and O–H groups in total. The third-order valence-electron chi connectivity index (χ3n) is 5.78. The van der Waals surface area contributed by atoms with E-state index in [4.69, 9.17) is 5.11 Å². The quantitative estimate of drug-likeness (QED) is 0.268. The van der Waals surface area contributed by atoms with Gasteiger partial charge in [0.2, 0.25) is 0 Å². The molecule has 1 saturated heterocycles. The van der Waals surface area contributed by atoms with Gasteiger partial charge in [0, 0.05) is 25.2 Å². The SMILES string of the molecule is Cc1ccc(C(O)=C2C(=O)C(=O)N(CCNCCO)C2c2ccc(C(C)(C)C)cc2)cc1. The van der Waals surface area contributed by atoms with Crippen LogP contribution in [-0.4, -0.2) is 53.0 Å². The van der Waals surface area contributed by atoms with Crippen molar-refractivity contribution in [2.75, 3.05) is 26.2 Å². The van der Waals surface area contributed by atoms with Gasteiger partial charge in [0.05, 0.1) is 18.2 Å². The van der Waals surface area contributed by atoms with E-state index in [1.165, 1.54) is 4.90 Å². The molecule has 1 aliphatic rings. The summed E-state index contributed by atoms with van der Waals surface area (Å²) in [5.41, 5.74) is 3.52. The van der Waals surface area contributed by atoms with E-state index in [2.05, 4.69) is 26.1 Å². The molecule has 0 bridgehead atoms. The Kier molecular flexibility index (Phi) is 7.16. The van der Waals surface area contributed by atoms with E-state index in [-0.39, 0.29) is 29.9 Å². The zero-order chi connectivity index (χ0) is 23.5. The molecule has 1 amide bonds. The number of benzene rings is 2. The minimum absolute atomic E-state index is 0.00998. The second kappa shape index (κ2) is 9.67. The van der Waals surface area contributed by atoms with Gasteiger partial charge in [0.15, 0.2) is 0 Å². The molecule has 32 heavy (non-hydrogen) atoms. The monoisotopic (exact) mass is 436 g/mol. The van der Waals surface area contributed by atoms with Crippen molar-refractivity contribution < 1.29 is 19.8 Å². The highest BCUT2D eigenvalue weighted by molar-refractivity contribution is 6.46. The first kappa shape index (κ1) is 23.7. The molecule has 2 aromatic rings. The molecule has 1 heterocycles. The lowest BCUT2D eigenvalue weighted by Gasteiger charge is -2.26. The number of nitrogens with zero attached hydrogens (tertiary/aromatic N) is 1. The first-order valence-corrected chi connectivity index (χ1v) is 10.9. The Morgan fingerprint density at radius 2 is 1.62 bits per heavy atom. The van der Waals surface area contributed by atoms with Crippen molar-refractivity contribution in [1.82, 2.24) is 10.2 Å². The highest BCUT2D eigenvalue weighted by Gasteiger charge is 2.45. The van der Waals surface area contributed by atoms with Crippen LogP contribution in [0.1, 0.15) is 49.1 Å². The normalized spacial score (nSPS) is 18.4. The number of hydrogen-bond acceptors (Lipinski definition) is 5. The Bertz CT molecular complexity index is 1000. The smallest absolute Gasteiger partial charge is 0.295 e. The van der Waals surface area contributed by atoms with Crippen LogP contribution in [0.3, 0.4) is 0 Å². The fraction of sp³-hybridized carbons (Fsp3) is 0.385. The molecule has 0 aliphatic carbocycles. The summed E-state index contributed by atoms with van der Waals surface area (Å²) >= 11 is 0. The Labute approximate surface area is 189 Å². The van der Waals surface area contributed by atoms with Gasteiger partial charge >= 0.3 is 0 Å². The van der Waals surface area contributed by atoms with Gasteiger partial charge in [-0.15, -0.1) is 0 Å². The third-order valence-corrected chi connectivity index (χ3v) is 5.78. The molecule has 2 aromatic carbocycles. The standard InChI is InChI=1S/C26H32N2O4/c1-17-5-7-19(8-6-17)23(30)21-22(18-9-11-20(12-10-18)26(2,3)4)28(25(32)24(21)31)15-13-27-14-16-29/h5-12,22,27,29-30H,13-16H2,1-4H3. The van der Waals surface area contributed by atoms with Crippen LogP contribution in [0.5, 0.6) is 0 Å². The molecule has 1 atom stereocenters. The molecule has 1 unspecified atom stereocenters. The van der Waals surface area contributed by atoms with E-state index in [0.717, 1.165) is 16.7 Å². The van der Waals surface area contributed by atoms with Crippen molar-refractivity contribution in [1.29, 1.82) is 0 Å². The maximum Gasteiger partial charge on any atom is 0.295 e. The average Bonchev–Trinajstić information content (AvgIpc) is 3.01. The van der Waals surface area contributed by atoms with Crippen LogP contribution in [0.4, 0.5) is 0 Å². The van der Waals surface area contributed by atoms with Gasteiger partial charge in [-0.3, -0.25) is 9.59 Å². The molecular weight excluding hydrogens is 404 g/mol. The van der Waals surface area contributed by atoms with Crippen molar-refractivity contribution in [3.8, 4) is 0 Å². The van der Waals surface area contributed by atoms with Crippen LogP contribution in [0, 0.1) is 6.92 Å². The molecule has 0 spiro atoms. The van der Waals surface area contributed by atoms with Gasteiger partial charge in [-0.05, 0) is 23.5 Å². The Morgan fingerprint density at radius 3 is 2.19 bits per heavy atom.